The molecule has 1 unspecified atom stereocenters. The molecule has 0 radical (unpaired) electrons. The highest BCUT2D eigenvalue weighted by Gasteiger charge is 2.35. The molecule has 31 heavy (non-hydrogen) atoms. The van der Waals surface area contributed by atoms with Crippen LogP contribution in [0.25, 0.3) is 5.69 Å². The molecule has 0 spiro atoms. The highest BCUT2D eigenvalue weighted by molar-refractivity contribution is 7.10. The van der Waals surface area contributed by atoms with Gasteiger partial charge >= 0.3 is 0 Å². The number of non-ortho nitro benzene ring substituents is 1. The molecule has 0 N–H and O–H groups in total. The van der Waals surface area contributed by atoms with Crippen LogP contribution in [0.1, 0.15) is 37.5 Å². The Labute approximate surface area is 185 Å². The van der Waals surface area contributed by atoms with Gasteiger partial charge in [-0.05, 0) is 47.9 Å². The van der Waals surface area contributed by atoms with Gasteiger partial charge in [-0.1, -0.05) is 17.3 Å². The van der Waals surface area contributed by atoms with Crippen LogP contribution < -0.4 is 0 Å². The lowest BCUT2D eigenvalue weighted by Crippen LogP contribution is -2.40. The summed E-state index contributed by atoms with van der Waals surface area (Å²) in [5.41, 5.74) is 2.42. The second-order valence-electron chi connectivity index (χ2n) is 7.18. The van der Waals surface area contributed by atoms with Gasteiger partial charge in [0.2, 0.25) is 0 Å². The first-order chi connectivity index (χ1) is 15.0. The quantitative estimate of drug-likeness (QED) is 0.339. The van der Waals surface area contributed by atoms with Crippen LogP contribution in [-0.2, 0) is 6.42 Å². The molecule has 0 fully saturated rings. The lowest BCUT2D eigenvalue weighted by molar-refractivity contribution is -0.384. The number of carbonyl (C=O) groups is 1. The smallest absolute Gasteiger partial charge is 0.277 e. The molecule has 0 aliphatic carbocycles. The van der Waals surface area contributed by atoms with E-state index in [1.807, 2.05) is 16.3 Å². The Hall–Kier alpha value is -3.37. The molecule has 1 atom stereocenters. The van der Waals surface area contributed by atoms with Crippen LogP contribution in [0.5, 0.6) is 0 Å². The van der Waals surface area contributed by atoms with E-state index in [0.29, 0.717) is 17.9 Å². The van der Waals surface area contributed by atoms with Crippen LogP contribution in [0, 0.1) is 17.0 Å². The van der Waals surface area contributed by atoms with E-state index in [1.165, 1.54) is 21.7 Å². The van der Waals surface area contributed by atoms with Crippen molar-refractivity contribution in [3.8, 4) is 5.69 Å². The number of nitro benzene ring substituents is 1. The Balaban J connectivity index is 1.52. The van der Waals surface area contributed by atoms with Crippen molar-refractivity contribution < 1.29 is 9.72 Å². The van der Waals surface area contributed by atoms with Crippen molar-refractivity contribution in [3.05, 3.63) is 90.0 Å². The molecule has 0 bridgehead atoms. The van der Waals surface area contributed by atoms with Gasteiger partial charge in [0.1, 0.15) is 0 Å². The van der Waals surface area contributed by atoms with Crippen molar-refractivity contribution >= 4 is 34.3 Å². The molecular formula is C21H17N5O3S2. The van der Waals surface area contributed by atoms with E-state index in [0.717, 1.165) is 16.9 Å². The molecule has 1 aliphatic rings. The van der Waals surface area contributed by atoms with Crippen LogP contribution in [0.3, 0.4) is 0 Å². The number of nitrogens with zero attached hydrogens (tertiary/aromatic N) is 5. The highest BCUT2D eigenvalue weighted by atomic mass is 32.1. The van der Waals surface area contributed by atoms with Gasteiger partial charge in [0.05, 0.1) is 22.3 Å². The van der Waals surface area contributed by atoms with Crippen LogP contribution in [-0.4, -0.2) is 37.3 Å². The number of nitro groups is 1. The lowest BCUT2D eigenvalue weighted by Gasteiger charge is -2.35. The third kappa shape index (κ3) is 3.33. The van der Waals surface area contributed by atoms with E-state index in [4.69, 9.17) is 0 Å². The normalized spacial score (nSPS) is 15.6. The lowest BCUT2D eigenvalue weighted by atomic mass is 9.98. The first-order valence-corrected chi connectivity index (χ1v) is 11.4. The van der Waals surface area contributed by atoms with Gasteiger partial charge in [-0.15, -0.1) is 27.8 Å². The molecule has 8 nitrogen and oxygen atoms in total. The Morgan fingerprint density at radius 1 is 1.19 bits per heavy atom. The number of rotatable bonds is 4. The zero-order chi connectivity index (χ0) is 21.5. The molecule has 156 valence electrons. The Kier molecular flexibility index (Phi) is 4.87. The zero-order valence-electron chi connectivity index (χ0n) is 16.5. The topological polar surface area (TPSA) is 94.2 Å². The predicted octanol–water partition coefficient (Wildman–Crippen LogP) is 4.39. The number of thiophene rings is 2. The largest absolute Gasteiger partial charge is 0.325 e. The minimum Gasteiger partial charge on any atom is -0.325 e. The van der Waals surface area contributed by atoms with Gasteiger partial charge in [-0.25, -0.2) is 4.68 Å². The second-order valence-corrected chi connectivity index (χ2v) is 9.16. The summed E-state index contributed by atoms with van der Waals surface area (Å²) in [6, 6.07) is 12.1. The van der Waals surface area contributed by atoms with Crippen LogP contribution >= 0.6 is 22.7 Å². The minimum atomic E-state index is -0.459. The molecule has 0 saturated heterocycles. The number of benzene rings is 1. The monoisotopic (exact) mass is 451 g/mol. The fourth-order valence-corrected chi connectivity index (χ4v) is 5.69. The van der Waals surface area contributed by atoms with Crippen LogP contribution in [0.2, 0.25) is 0 Å². The fourth-order valence-electron chi connectivity index (χ4n) is 3.94. The molecule has 5 rings (SSSR count). The summed E-state index contributed by atoms with van der Waals surface area (Å²) in [5, 5.41) is 23.5. The Bertz CT molecular complexity index is 1280. The molecule has 4 heterocycles. The van der Waals surface area contributed by atoms with Gasteiger partial charge in [0, 0.05) is 28.4 Å². The third-order valence-corrected chi connectivity index (χ3v) is 7.34. The van der Waals surface area contributed by atoms with Crippen molar-refractivity contribution in [2.45, 2.75) is 19.4 Å². The predicted molar refractivity (Wildman–Crippen MR) is 118 cm³/mol. The van der Waals surface area contributed by atoms with E-state index >= 15 is 0 Å². The Morgan fingerprint density at radius 2 is 2.06 bits per heavy atom. The Morgan fingerprint density at radius 3 is 2.84 bits per heavy atom. The van der Waals surface area contributed by atoms with E-state index < -0.39 is 4.92 Å². The zero-order valence-corrected chi connectivity index (χ0v) is 18.1. The van der Waals surface area contributed by atoms with Crippen molar-refractivity contribution in [2.75, 3.05) is 6.54 Å². The van der Waals surface area contributed by atoms with Gasteiger partial charge < -0.3 is 4.90 Å². The summed E-state index contributed by atoms with van der Waals surface area (Å²) < 4.78 is 1.47. The first-order valence-electron chi connectivity index (χ1n) is 9.62. The maximum atomic E-state index is 13.6. The van der Waals surface area contributed by atoms with E-state index in [2.05, 4.69) is 27.8 Å². The van der Waals surface area contributed by atoms with Crippen molar-refractivity contribution in [2.24, 2.45) is 0 Å². The van der Waals surface area contributed by atoms with E-state index in [9.17, 15) is 14.9 Å². The van der Waals surface area contributed by atoms with Gasteiger partial charge in [-0.2, -0.15) is 0 Å². The average Bonchev–Trinajstić information content (AvgIpc) is 3.53. The maximum Gasteiger partial charge on any atom is 0.277 e. The number of amides is 1. The average molecular weight is 452 g/mol. The molecule has 0 saturated carbocycles. The summed E-state index contributed by atoms with van der Waals surface area (Å²) in [5.74, 6) is -0.190. The molecule has 1 amide bonds. The van der Waals surface area contributed by atoms with Crippen molar-refractivity contribution in [1.82, 2.24) is 19.9 Å². The molecule has 10 heteroatoms. The molecular weight excluding hydrogens is 434 g/mol. The number of hydrogen-bond donors (Lipinski definition) is 0. The van der Waals surface area contributed by atoms with Crippen LogP contribution in [0.15, 0.2) is 53.2 Å². The standard InChI is InChI=1S/C21H17N5O3S2/c1-13-19(22-23-25(13)14-4-2-5-15(12-14)26(28)29)21(27)24-9-7-17-16(8-11-31-17)20(24)18-6-3-10-30-18/h2-6,8,10-12,20H,7,9H2,1H3. The summed E-state index contributed by atoms with van der Waals surface area (Å²) in [7, 11) is 0. The first kappa shape index (κ1) is 19.6. The number of hydrogen-bond acceptors (Lipinski definition) is 7. The minimum absolute atomic E-state index is 0.0425. The molecule has 1 aliphatic heterocycles. The maximum absolute atomic E-state index is 13.6. The summed E-state index contributed by atoms with van der Waals surface area (Å²) >= 11 is 3.35. The summed E-state index contributed by atoms with van der Waals surface area (Å²) in [6.45, 7) is 2.35. The summed E-state index contributed by atoms with van der Waals surface area (Å²) in [6.07, 6.45) is 0.804. The highest BCUT2D eigenvalue weighted by Crippen LogP contribution is 2.40. The van der Waals surface area contributed by atoms with Crippen molar-refractivity contribution in [3.63, 3.8) is 0 Å². The number of carbonyl (C=O) groups excluding carboxylic acids is 1. The molecule has 1 aromatic carbocycles. The second kappa shape index (κ2) is 7.71. The third-order valence-electron chi connectivity index (χ3n) is 5.42. The van der Waals surface area contributed by atoms with Gasteiger partial charge in [0.25, 0.3) is 11.6 Å². The van der Waals surface area contributed by atoms with E-state index in [1.54, 1.807) is 41.7 Å². The SMILES string of the molecule is Cc1c(C(=O)N2CCc3sccc3C2c2cccs2)nnn1-c1cccc([N+](=O)[O-])c1. The molecule has 4 aromatic rings. The number of aromatic nitrogens is 3. The van der Waals surface area contributed by atoms with Crippen LogP contribution in [0.4, 0.5) is 5.69 Å². The fraction of sp³-hybridized carbons (Fsp3) is 0.190. The van der Waals surface area contributed by atoms with E-state index in [-0.39, 0.29) is 23.3 Å². The van der Waals surface area contributed by atoms with Gasteiger partial charge in [0.15, 0.2) is 5.69 Å². The number of fused-ring (bicyclic) bond motifs is 1. The summed E-state index contributed by atoms with van der Waals surface area (Å²) in [4.78, 5) is 28.5. The van der Waals surface area contributed by atoms with Gasteiger partial charge in [-0.3, -0.25) is 14.9 Å². The molecule has 3 aromatic heterocycles. The van der Waals surface area contributed by atoms with Crippen molar-refractivity contribution in [1.29, 1.82) is 0 Å².